The zero-order chi connectivity index (χ0) is 10.8. The maximum absolute atomic E-state index is 5.93. The van der Waals surface area contributed by atoms with Crippen LogP contribution in [0.3, 0.4) is 0 Å². The Morgan fingerprint density at radius 2 is 1.36 bits per heavy atom. The second-order valence-corrected chi connectivity index (χ2v) is 10.0. The summed E-state index contributed by atoms with van der Waals surface area (Å²) in [6.45, 7) is 9.03. The van der Waals surface area contributed by atoms with Gasteiger partial charge in [0.05, 0.1) is 0 Å². The van der Waals surface area contributed by atoms with Crippen LogP contribution in [0.25, 0.3) is 0 Å². The van der Waals surface area contributed by atoms with Crippen LogP contribution < -0.4 is 5.30 Å². The molecule has 1 aromatic carbocycles. The molecule has 0 aliphatic carbocycles. The Morgan fingerprint density at radius 3 is 1.71 bits per heavy atom. The molecule has 0 heterocycles. The van der Waals surface area contributed by atoms with Crippen molar-refractivity contribution in [1.29, 1.82) is 0 Å². The molecule has 1 aromatic rings. The van der Waals surface area contributed by atoms with Gasteiger partial charge in [-0.1, -0.05) is 69.8 Å². The first-order chi connectivity index (χ1) is 6.49. The zero-order valence-corrected chi connectivity index (χ0v) is 11.1. The van der Waals surface area contributed by atoms with Crippen LogP contribution in [0.5, 0.6) is 0 Å². The highest BCUT2D eigenvalue weighted by atomic mass is 32.4. The fourth-order valence-corrected chi connectivity index (χ4v) is 5.24. The summed E-state index contributed by atoms with van der Waals surface area (Å²) in [4.78, 5) is 0. The molecule has 2 heteroatoms. The predicted molar refractivity (Wildman–Crippen MR) is 70.6 cm³/mol. The summed E-state index contributed by atoms with van der Waals surface area (Å²) in [6, 6.07) is 9.26. The van der Waals surface area contributed by atoms with Crippen molar-refractivity contribution < 1.29 is 0 Å². The lowest BCUT2D eigenvalue weighted by molar-refractivity contribution is 1.02. The number of hydrogen-bond acceptors (Lipinski definition) is 1. The van der Waals surface area contributed by atoms with E-state index in [1.807, 2.05) is 0 Å². The molecule has 78 valence electrons. The molecule has 0 atom stereocenters. The van der Waals surface area contributed by atoms with Crippen molar-refractivity contribution >= 4 is 23.1 Å². The highest BCUT2D eigenvalue weighted by molar-refractivity contribution is 8.18. The van der Waals surface area contributed by atoms with Crippen LogP contribution in [0.4, 0.5) is 0 Å². The summed E-state index contributed by atoms with van der Waals surface area (Å²) in [5.74, 6) is 0. The van der Waals surface area contributed by atoms with Crippen LogP contribution in [-0.2, 0) is 11.8 Å². The fourth-order valence-electron chi connectivity index (χ4n) is 1.85. The van der Waals surface area contributed by atoms with Crippen molar-refractivity contribution in [3.05, 3.63) is 30.3 Å². The van der Waals surface area contributed by atoms with Gasteiger partial charge in [-0.05, 0) is 22.7 Å². The second-order valence-electron chi connectivity index (χ2n) is 4.23. The molecule has 1 rings (SSSR count). The quantitative estimate of drug-likeness (QED) is 0.709. The SMILES string of the molecule is CC(C)P(=S)(c1ccccc1)C(C)C. The highest BCUT2D eigenvalue weighted by Gasteiger charge is 2.26. The van der Waals surface area contributed by atoms with Crippen molar-refractivity contribution in [2.24, 2.45) is 0 Å². The molecular formula is C12H19PS. The molecule has 0 saturated carbocycles. The van der Waals surface area contributed by atoms with Crippen molar-refractivity contribution in [3.63, 3.8) is 0 Å². The smallest absolute Gasteiger partial charge is 0.0118 e. The van der Waals surface area contributed by atoms with Crippen LogP contribution >= 0.6 is 6.04 Å². The standard InChI is InChI=1S/C12H19PS/c1-10(2)13(14,11(3)4)12-8-6-5-7-9-12/h5-11H,1-4H3. The average Bonchev–Trinajstić information content (AvgIpc) is 2.17. The van der Waals surface area contributed by atoms with Gasteiger partial charge in [0.15, 0.2) is 0 Å². The van der Waals surface area contributed by atoms with E-state index in [9.17, 15) is 0 Å². The monoisotopic (exact) mass is 226 g/mol. The van der Waals surface area contributed by atoms with Gasteiger partial charge in [0.2, 0.25) is 0 Å². The minimum Gasteiger partial charge on any atom is -0.0920 e. The fraction of sp³-hybridized carbons (Fsp3) is 0.500. The Hall–Kier alpha value is -0.130. The molecule has 14 heavy (non-hydrogen) atoms. The van der Waals surface area contributed by atoms with Crippen molar-refractivity contribution in [1.82, 2.24) is 0 Å². The van der Waals surface area contributed by atoms with E-state index in [2.05, 4.69) is 58.0 Å². The molecule has 0 spiro atoms. The molecule has 0 radical (unpaired) electrons. The van der Waals surface area contributed by atoms with Crippen LogP contribution in [-0.4, -0.2) is 11.3 Å². The van der Waals surface area contributed by atoms with Gasteiger partial charge in [-0.25, -0.2) is 0 Å². The lowest BCUT2D eigenvalue weighted by atomic mass is 10.4. The molecule has 0 aliphatic heterocycles. The van der Waals surface area contributed by atoms with Gasteiger partial charge in [0, 0.05) is 0 Å². The zero-order valence-electron chi connectivity index (χ0n) is 9.40. The van der Waals surface area contributed by atoms with E-state index in [1.165, 1.54) is 5.30 Å². The molecule has 0 amide bonds. The first-order valence-corrected chi connectivity index (χ1v) is 8.08. The van der Waals surface area contributed by atoms with Crippen LogP contribution in [0, 0.1) is 0 Å². The number of benzene rings is 1. The maximum Gasteiger partial charge on any atom is -0.0118 e. The van der Waals surface area contributed by atoms with Gasteiger partial charge in [-0.2, -0.15) is 0 Å². The summed E-state index contributed by atoms with van der Waals surface area (Å²) < 4.78 is 0. The molecule has 0 bridgehead atoms. The lowest BCUT2D eigenvalue weighted by Crippen LogP contribution is -2.18. The van der Waals surface area contributed by atoms with E-state index in [4.69, 9.17) is 11.8 Å². The summed E-state index contributed by atoms with van der Waals surface area (Å²) >= 11 is 5.93. The summed E-state index contributed by atoms with van der Waals surface area (Å²) in [6.07, 6.45) is 0. The molecule has 0 unspecified atom stereocenters. The van der Waals surface area contributed by atoms with Crippen LogP contribution in [0.2, 0.25) is 0 Å². The number of rotatable bonds is 3. The predicted octanol–water partition coefficient (Wildman–Crippen LogP) is 3.61. The molecule has 0 N–H and O–H groups in total. The Labute approximate surface area is 92.7 Å². The van der Waals surface area contributed by atoms with Crippen LogP contribution in [0.15, 0.2) is 30.3 Å². The molecule has 0 saturated heterocycles. The largest absolute Gasteiger partial charge is 0.0920 e. The van der Waals surface area contributed by atoms with E-state index in [1.54, 1.807) is 0 Å². The van der Waals surface area contributed by atoms with Gasteiger partial charge in [-0.15, -0.1) is 0 Å². The van der Waals surface area contributed by atoms with Crippen molar-refractivity contribution in [3.8, 4) is 0 Å². The summed E-state index contributed by atoms with van der Waals surface area (Å²) in [5.41, 5.74) is 1.19. The van der Waals surface area contributed by atoms with Crippen molar-refractivity contribution in [2.75, 3.05) is 0 Å². The highest BCUT2D eigenvalue weighted by Crippen LogP contribution is 2.53. The van der Waals surface area contributed by atoms with E-state index < -0.39 is 6.04 Å². The average molecular weight is 226 g/mol. The second kappa shape index (κ2) is 4.59. The number of hydrogen-bond donors (Lipinski definition) is 0. The third-order valence-corrected chi connectivity index (χ3v) is 10.0. The molecular weight excluding hydrogens is 207 g/mol. The molecule has 0 aromatic heterocycles. The van der Waals surface area contributed by atoms with E-state index in [0.29, 0.717) is 11.3 Å². The van der Waals surface area contributed by atoms with Gasteiger partial charge in [-0.3, -0.25) is 0 Å². The summed E-state index contributed by atoms with van der Waals surface area (Å²) in [7, 11) is 0. The Kier molecular flexibility index (Phi) is 3.92. The Balaban J connectivity index is 3.21. The molecule has 0 nitrogen and oxygen atoms in total. The first-order valence-electron chi connectivity index (χ1n) is 5.14. The lowest BCUT2D eigenvalue weighted by Gasteiger charge is -2.30. The summed E-state index contributed by atoms with van der Waals surface area (Å²) in [5, 5.41) is 1.39. The minimum absolute atomic E-state index is 0.597. The Morgan fingerprint density at radius 1 is 0.929 bits per heavy atom. The van der Waals surface area contributed by atoms with Crippen LogP contribution in [0.1, 0.15) is 27.7 Å². The Bertz CT molecular complexity index is 315. The third-order valence-electron chi connectivity index (χ3n) is 2.69. The van der Waals surface area contributed by atoms with E-state index in [-0.39, 0.29) is 0 Å². The minimum atomic E-state index is -1.38. The van der Waals surface area contributed by atoms with Gasteiger partial charge >= 0.3 is 0 Å². The van der Waals surface area contributed by atoms with E-state index >= 15 is 0 Å². The topological polar surface area (TPSA) is 0 Å². The normalized spacial score (nSPS) is 12.4. The molecule has 0 fully saturated rings. The van der Waals surface area contributed by atoms with Crippen molar-refractivity contribution in [2.45, 2.75) is 39.0 Å². The van der Waals surface area contributed by atoms with E-state index in [0.717, 1.165) is 0 Å². The first kappa shape index (κ1) is 11.9. The van der Waals surface area contributed by atoms with Gasteiger partial charge < -0.3 is 0 Å². The molecule has 0 aliphatic rings. The van der Waals surface area contributed by atoms with Gasteiger partial charge in [0.1, 0.15) is 0 Å². The van der Waals surface area contributed by atoms with Gasteiger partial charge in [0.25, 0.3) is 0 Å². The third kappa shape index (κ3) is 2.10. The maximum atomic E-state index is 5.93.